The number of ether oxygens (including phenoxy) is 2. The molecule has 2 rings (SSSR count). The largest absolute Gasteiger partial charge is 0.497 e. The van der Waals surface area contributed by atoms with Gasteiger partial charge in [-0.3, -0.25) is 9.59 Å². The number of rotatable bonds is 10. The van der Waals surface area contributed by atoms with Gasteiger partial charge in [0.2, 0.25) is 5.91 Å². The summed E-state index contributed by atoms with van der Waals surface area (Å²) >= 11 is 0. The predicted molar refractivity (Wildman–Crippen MR) is 108 cm³/mol. The third kappa shape index (κ3) is 6.48. The van der Waals surface area contributed by atoms with Gasteiger partial charge in [0.25, 0.3) is 5.91 Å². The molecule has 0 bridgehead atoms. The number of nitrogens with zero attached hydrogens (tertiary/aromatic N) is 1. The van der Waals surface area contributed by atoms with Crippen molar-refractivity contribution in [2.75, 3.05) is 20.3 Å². The first-order valence-corrected chi connectivity index (χ1v) is 9.53. The lowest BCUT2D eigenvalue weighted by Crippen LogP contribution is -2.49. The highest BCUT2D eigenvalue weighted by atomic mass is 19.1. The first-order valence-electron chi connectivity index (χ1n) is 9.53. The van der Waals surface area contributed by atoms with Crippen LogP contribution in [0.25, 0.3) is 0 Å². The van der Waals surface area contributed by atoms with Gasteiger partial charge in [-0.2, -0.15) is 0 Å². The molecule has 6 nitrogen and oxygen atoms in total. The van der Waals surface area contributed by atoms with E-state index < -0.39 is 17.8 Å². The number of halogens is 1. The minimum absolute atomic E-state index is 0.0296. The van der Waals surface area contributed by atoms with Gasteiger partial charge in [-0.05, 0) is 43.7 Å². The van der Waals surface area contributed by atoms with Gasteiger partial charge < -0.3 is 19.7 Å². The van der Waals surface area contributed by atoms with Gasteiger partial charge in [-0.1, -0.05) is 25.1 Å². The molecule has 0 fully saturated rings. The van der Waals surface area contributed by atoms with Gasteiger partial charge in [0.1, 0.15) is 23.4 Å². The first kappa shape index (κ1) is 22.2. The van der Waals surface area contributed by atoms with Crippen LogP contribution >= 0.6 is 0 Å². The lowest BCUT2D eigenvalue weighted by molar-refractivity contribution is -0.142. The van der Waals surface area contributed by atoms with E-state index in [0.717, 1.165) is 6.42 Å². The lowest BCUT2D eigenvalue weighted by Gasteiger charge is -2.28. The van der Waals surface area contributed by atoms with Gasteiger partial charge in [0.05, 0.1) is 7.11 Å². The Labute approximate surface area is 170 Å². The minimum Gasteiger partial charge on any atom is -0.497 e. The van der Waals surface area contributed by atoms with Crippen molar-refractivity contribution in [2.24, 2.45) is 0 Å². The summed E-state index contributed by atoms with van der Waals surface area (Å²) in [5.41, 5.74) is 0.334. The van der Waals surface area contributed by atoms with Crippen LogP contribution in [-0.4, -0.2) is 43.0 Å². The van der Waals surface area contributed by atoms with Crippen LogP contribution in [0, 0.1) is 5.82 Å². The normalized spacial score (nSPS) is 11.4. The van der Waals surface area contributed by atoms with Crippen molar-refractivity contribution < 1.29 is 23.5 Å². The molecule has 0 unspecified atom stereocenters. The molecule has 1 atom stereocenters. The van der Waals surface area contributed by atoms with Crippen LogP contribution in [-0.2, 0) is 16.1 Å². The molecule has 2 aromatic rings. The summed E-state index contributed by atoms with van der Waals surface area (Å²) in [6, 6.07) is 12.2. The Morgan fingerprint density at radius 1 is 1.10 bits per heavy atom. The Hall–Kier alpha value is -3.09. The van der Waals surface area contributed by atoms with E-state index in [1.807, 2.05) is 6.92 Å². The van der Waals surface area contributed by atoms with Crippen molar-refractivity contribution in [1.82, 2.24) is 10.2 Å². The molecule has 7 heteroatoms. The van der Waals surface area contributed by atoms with Crippen LogP contribution in [0.1, 0.15) is 25.8 Å². The quantitative estimate of drug-likeness (QED) is 0.663. The fourth-order valence-electron chi connectivity index (χ4n) is 2.69. The number of benzene rings is 2. The molecule has 156 valence electrons. The number of carbonyl (C=O) groups excluding carboxylic acids is 2. The van der Waals surface area contributed by atoms with Crippen LogP contribution in [0.3, 0.4) is 0 Å². The summed E-state index contributed by atoms with van der Waals surface area (Å²) in [4.78, 5) is 26.6. The number of carbonyl (C=O) groups is 2. The molecule has 0 aromatic heterocycles. The Bertz CT molecular complexity index is 811. The van der Waals surface area contributed by atoms with Gasteiger partial charge in [0.15, 0.2) is 6.61 Å². The monoisotopic (exact) mass is 402 g/mol. The van der Waals surface area contributed by atoms with E-state index in [0.29, 0.717) is 23.6 Å². The predicted octanol–water partition coefficient (Wildman–Crippen LogP) is 3.16. The standard InChI is InChI=1S/C22H27FN2O4/c1-4-13-24-22(27)16(2)25(14-17-7-5-6-8-20(17)23)21(26)15-29-19-11-9-18(28-3)10-12-19/h5-12,16H,4,13-15H2,1-3H3,(H,24,27)/t16-/m1/s1. The first-order chi connectivity index (χ1) is 14.0. The maximum Gasteiger partial charge on any atom is 0.261 e. The van der Waals surface area contributed by atoms with E-state index in [4.69, 9.17) is 9.47 Å². The molecule has 2 amide bonds. The topological polar surface area (TPSA) is 67.9 Å². The highest BCUT2D eigenvalue weighted by molar-refractivity contribution is 5.87. The molecular formula is C22H27FN2O4. The number of nitrogens with one attached hydrogen (secondary N) is 1. The summed E-state index contributed by atoms with van der Waals surface area (Å²) in [6.45, 7) is 3.77. The Balaban J connectivity index is 2.12. The SMILES string of the molecule is CCCNC(=O)[C@@H](C)N(Cc1ccccc1F)C(=O)COc1ccc(OC)cc1. The maximum absolute atomic E-state index is 14.1. The van der Waals surface area contributed by atoms with Gasteiger partial charge >= 0.3 is 0 Å². The zero-order valence-electron chi connectivity index (χ0n) is 17.0. The minimum atomic E-state index is -0.770. The van der Waals surface area contributed by atoms with Crippen molar-refractivity contribution in [3.63, 3.8) is 0 Å². The Morgan fingerprint density at radius 2 is 1.76 bits per heavy atom. The molecule has 0 aliphatic rings. The molecule has 0 saturated carbocycles. The molecule has 0 aliphatic carbocycles. The summed E-state index contributed by atoms with van der Waals surface area (Å²) in [7, 11) is 1.56. The van der Waals surface area contributed by atoms with Crippen LogP contribution in [0.4, 0.5) is 4.39 Å². The van der Waals surface area contributed by atoms with Crippen LogP contribution in [0.15, 0.2) is 48.5 Å². The molecule has 0 heterocycles. The summed E-state index contributed by atoms with van der Waals surface area (Å²) in [5, 5.41) is 2.77. The lowest BCUT2D eigenvalue weighted by atomic mass is 10.1. The third-order valence-electron chi connectivity index (χ3n) is 4.44. The number of hydrogen-bond acceptors (Lipinski definition) is 4. The van der Waals surface area contributed by atoms with Crippen molar-refractivity contribution in [3.05, 3.63) is 59.9 Å². The van der Waals surface area contributed by atoms with Crippen LogP contribution < -0.4 is 14.8 Å². The van der Waals surface area contributed by atoms with Crippen LogP contribution in [0.5, 0.6) is 11.5 Å². The number of hydrogen-bond donors (Lipinski definition) is 1. The van der Waals surface area contributed by atoms with Gasteiger partial charge in [0, 0.05) is 18.7 Å². The Morgan fingerprint density at radius 3 is 2.38 bits per heavy atom. The second-order valence-corrected chi connectivity index (χ2v) is 6.54. The number of methoxy groups -OCH3 is 1. The third-order valence-corrected chi connectivity index (χ3v) is 4.44. The molecule has 1 N–H and O–H groups in total. The molecule has 2 aromatic carbocycles. The zero-order valence-corrected chi connectivity index (χ0v) is 17.0. The van der Waals surface area contributed by atoms with Crippen molar-refractivity contribution in [3.8, 4) is 11.5 Å². The fourth-order valence-corrected chi connectivity index (χ4v) is 2.69. The van der Waals surface area contributed by atoms with E-state index in [1.54, 1.807) is 56.5 Å². The van der Waals surface area contributed by atoms with Gasteiger partial charge in [-0.15, -0.1) is 0 Å². The molecule has 29 heavy (non-hydrogen) atoms. The highest BCUT2D eigenvalue weighted by Gasteiger charge is 2.27. The average molecular weight is 402 g/mol. The summed E-state index contributed by atoms with van der Waals surface area (Å²) in [5.74, 6) is 0.0332. The molecule has 0 aliphatic heterocycles. The molecule has 0 radical (unpaired) electrons. The van der Waals surface area contributed by atoms with Crippen LogP contribution in [0.2, 0.25) is 0 Å². The highest BCUT2D eigenvalue weighted by Crippen LogP contribution is 2.18. The van der Waals surface area contributed by atoms with E-state index in [2.05, 4.69) is 5.32 Å². The maximum atomic E-state index is 14.1. The van der Waals surface area contributed by atoms with E-state index in [1.165, 1.54) is 11.0 Å². The number of amides is 2. The zero-order chi connectivity index (χ0) is 21.2. The Kier molecular flexibility index (Phi) is 8.45. The van der Waals surface area contributed by atoms with E-state index in [9.17, 15) is 14.0 Å². The summed E-state index contributed by atoms with van der Waals surface area (Å²) < 4.78 is 24.8. The summed E-state index contributed by atoms with van der Waals surface area (Å²) in [6.07, 6.45) is 0.778. The van der Waals surface area contributed by atoms with Gasteiger partial charge in [-0.25, -0.2) is 4.39 Å². The fraction of sp³-hybridized carbons (Fsp3) is 0.364. The molecule has 0 spiro atoms. The van der Waals surface area contributed by atoms with E-state index in [-0.39, 0.29) is 19.1 Å². The molecule has 0 saturated heterocycles. The average Bonchev–Trinajstić information content (AvgIpc) is 2.75. The second kappa shape index (κ2) is 11.0. The smallest absolute Gasteiger partial charge is 0.261 e. The second-order valence-electron chi connectivity index (χ2n) is 6.54. The van der Waals surface area contributed by atoms with Crippen molar-refractivity contribution >= 4 is 11.8 Å². The van der Waals surface area contributed by atoms with E-state index >= 15 is 0 Å². The molecular weight excluding hydrogens is 375 g/mol. The van der Waals surface area contributed by atoms with Crippen molar-refractivity contribution in [2.45, 2.75) is 32.9 Å². The van der Waals surface area contributed by atoms with Crippen molar-refractivity contribution in [1.29, 1.82) is 0 Å².